The van der Waals surface area contributed by atoms with E-state index in [9.17, 15) is 4.39 Å². The molecule has 0 amide bonds. The fraction of sp³-hybridized carbons (Fsp3) is 0.182. The Balaban J connectivity index is 2.04. The van der Waals surface area contributed by atoms with Crippen LogP contribution < -0.4 is 5.32 Å². The van der Waals surface area contributed by atoms with Crippen molar-refractivity contribution >= 4 is 33.1 Å². The molecule has 2 aromatic rings. The molecule has 2 aromatic heterocycles. The van der Waals surface area contributed by atoms with Crippen LogP contribution in [0.2, 0.25) is 0 Å². The Hall–Kier alpha value is -0.940. The second kappa shape index (κ2) is 4.93. The lowest BCUT2D eigenvalue weighted by molar-refractivity contribution is 0.623. The minimum atomic E-state index is -0.345. The molecule has 0 atom stereocenters. The monoisotopic (exact) mass is 300 g/mol. The van der Waals surface area contributed by atoms with Crippen LogP contribution in [-0.4, -0.2) is 4.98 Å². The minimum absolute atomic E-state index is 0.286. The third kappa shape index (κ3) is 2.80. The summed E-state index contributed by atoms with van der Waals surface area (Å²) in [6.07, 6.45) is 1.57. The molecule has 0 unspecified atom stereocenters. The Morgan fingerprint density at radius 2 is 2.31 bits per heavy atom. The van der Waals surface area contributed by atoms with Crippen LogP contribution in [0.25, 0.3) is 0 Å². The molecule has 0 bridgehead atoms. The van der Waals surface area contributed by atoms with Gasteiger partial charge in [0, 0.05) is 20.4 Å². The lowest BCUT2D eigenvalue weighted by Gasteiger charge is -2.04. The van der Waals surface area contributed by atoms with Crippen LogP contribution in [-0.2, 0) is 6.54 Å². The standard InChI is InChI=1S/C11H10BrFN2S/c1-7-2-3-9(16-7)6-15-11-10(13)4-8(12)5-14-11/h2-5H,6H2,1H3,(H,14,15). The van der Waals surface area contributed by atoms with E-state index in [0.717, 1.165) is 0 Å². The molecule has 0 spiro atoms. The van der Waals surface area contributed by atoms with Crippen LogP contribution in [0, 0.1) is 12.7 Å². The third-order valence-corrected chi connectivity index (χ3v) is 3.47. The topological polar surface area (TPSA) is 24.9 Å². The van der Waals surface area contributed by atoms with Gasteiger partial charge in [-0.2, -0.15) is 0 Å². The largest absolute Gasteiger partial charge is 0.363 e. The summed E-state index contributed by atoms with van der Waals surface area (Å²) >= 11 is 4.86. The van der Waals surface area contributed by atoms with E-state index in [1.54, 1.807) is 17.5 Å². The van der Waals surface area contributed by atoms with Gasteiger partial charge in [0.2, 0.25) is 0 Å². The molecule has 0 saturated carbocycles. The summed E-state index contributed by atoms with van der Waals surface area (Å²) in [6.45, 7) is 2.65. The van der Waals surface area contributed by atoms with Gasteiger partial charge < -0.3 is 5.32 Å². The van der Waals surface area contributed by atoms with E-state index in [4.69, 9.17) is 0 Å². The first-order valence-electron chi connectivity index (χ1n) is 4.75. The molecular weight excluding hydrogens is 291 g/mol. The van der Waals surface area contributed by atoms with Crippen molar-refractivity contribution in [3.63, 3.8) is 0 Å². The number of anilines is 1. The second-order valence-electron chi connectivity index (χ2n) is 3.35. The zero-order chi connectivity index (χ0) is 11.5. The van der Waals surface area contributed by atoms with Gasteiger partial charge in [0.05, 0.1) is 6.54 Å². The second-order valence-corrected chi connectivity index (χ2v) is 5.64. The number of nitrogens with one attached hydrogen (secondary N) is 1. The van der Waals surface area contributed by atoms with Crippen molar-refractivity contribution in [3.05, 3.63) is 44.4 Å². The number of pyridine rings is 1. The molecule has 0 radical (unpaired) electrons. The van der Waals surface area contributed by atoms with Crippen molar-refractivity contribution in [1.82, 2.24) is 4.98 Å². The van der Waals surface area contributed by atoms with Gasteiger partial charge in [-0.15, -0.1) is 11.3 Å². The maximum atomic E-state index is 13.4. The molecule has 0 aliphatic carbocycles. The van der Waals surface area contributed by atoms with Crippen molar-refractivity contribution in [2.75, 3.05) is 5.32 Å². The minimum Gasteiger partial charge on any atom is -0.363 e. The lowest BCUT2D eigenvalue weighted by Crippen LogP contribution is -2.02. The summed E-state index contributed by atoms with van der Waals surface area (Å²) in [7, 11) is 0. The SMILES string of the molecule is Cc1ccc(CNc2ncc(Br)cc2F)s1. The van der Waals surface area contributed by atoms with E-state index in [1.165, 1.54) is 15.8 Å². The van der Waals surface area contributed by atoms with Gasteiger partial charge in [-0.25, -0.2) is 9.37 Å². The highest BCUT2D eigenvalue weighted by Crippen LogP contribution is 2.19. The van der Waals surface area contributed by atoms with Crippen LogP contribution in [0.15, 0.2) is 28.9 Å². The van der Waals surface area contributed by atoms with Crippen LogP contribution in [0.3, 0.4) is 0 Å². The van der Waals surface area contributed by atoms with E-state index in [1.807, 2.05) is 19.1 Å². The summed E-state index contributed by atoms with van der Waals surface area (Å²) in [5.41, 5.74) is 0. The van der Waals surface area contributed by atoms with Gasteiger partial charge in [-0.3, -0.25) is 0 Å². The maximum Gasteiger partial charge on any atom is 0.166 e. The van der Waals surface area contributed by atoms with Gasteiger partial charge in [-0.1, -0.05) is 0 Å². The Morgan fingerprint density at radius 1 is 1.50 bits per heavy atom. The smallest absolute Gasteiger partial charge is 0.166 e. The van der Waals surface area contributed by atoms with E-state index >= 15 is 0 Å². The zero-order valence-electron chi connectivity index (χ0n) is 8.63. The van der Waals surface area contributed by atoms with Gasteiger partial charge in [0.15, 0.2) is 11.6 Å². The fourth-order valence-corrected chi connectivity index (χ4v) is 2.43. The molecule has 1 N–H and O–H groups in total. The first-order chi connectivity index (χ1) is 7.65. The van der Waals surface area contributed by atoms with Crippen molar-refractivity contribution in [2.24, 2.45) is 0 Å². The number of aromatic nitrogens is 1. The summed E-state index contributed by atoms with van der Waals surface area (Å²) < 4.78 is 14.0. The van der Waals surface area contributed by atoms with Gasteiger partial charge in [0.25, 0.3) is 0 Å². The molecule has 5 heteroatoms. The number of thiophene rings is 1. The van der Waals surface area contributed by atoms with E-state index in [2.05, 4.69) is 26.2 Å². The number of nitrogens with zero attached hydrogens (tertiary/aromatic N) is 1. The summed E-state index contributed by atoms with van der Waals surface area (Å²) in [4.78, 5) is 6.39. The van der Waals surface area contributed by atoms with Gasteiger partial charge in [0.1, 0.15) is 0 Å². The van der Waals surface area contributed by atoms with Crippen molar-refractivity contribution in [2.45, 2.75) is 13.5 Å². The van der Waals surface area contributed by atoms with Gasteiger partial charge in [-0.05, 0) is 41.1 Å². The highest BCUT2D eigenvalue weighted by molar-refractivity contribution is 9.10. The third-order valence-electron chi connectivity index (χ3n) is 2.03. The normalized spacial score (nSPS) is 10.4. The van der Waals surface area contributed by atoms with Crippen LogP contribution in [0.1, 0.15) is 9.75 Å². The van der Waals surface area contributed by atoms with Crippen LogP contribution in [0.4, 0.5) is 10.2 Å². The highest BCUT2D eigenvalue weighted by Gasteiger charge is 2.04. The predicted molar refractivity (Wildman–Crippen MR) is 68.3 cm³/mol. The number of hydrogen-bond donors (Lipinski definition) is 1. The lowest BCUT2D eigenvalue weighted by atomic mass is 10.4. The molecule has 0 saturated heterocycles. The Morgan fingerprint density at radius 3 is 2.94 bits per heavy atom. The molecule has 0 fully saturated rings. The number of rotatable bonds is 3. The predicted octanol–water partition coefficient (Wildman–Crippen LogP) is 3.97. The van der Waals surface area contributed by atoms with Crippen molar-refractivity contribution < 1.29 is 4.39 Å². The first kappa shape index (κ1) is 11.5. The number of hydrogen-bond acceptors (Lipinski definition) is 3. The Labute approximate surface area is 106 Å². The molecule has 2 nitrogen and oxygen atoms in total. The molecule has 2 rings (SSSR count). The Bertz CT molecular complexity index is 498. The maximum absolute atomic E-state index is 13.4. The van der Waals surface area contributed by atoms with E-state index in [-0.39, 0.29) is 11.6 Å². The fourth-order valence-electron chi connectivity index (χ4n) is 1.30. The average Bonchev–Trinajstić information content (AvgIpc) is 2.63. The van der Waals surface area contributed by atoms with E-state index in [0.29, 0.717) is 11.0 Å². The summed E-state index contributed by atoms with van der Waals surface area (Å²) in [5, 5.41) is 2.97. The molecular formula is C11H10BrFN2S. The Kier molecular flexibility index (Phi) is 3.56. The van der Waals surface area contributed by atoms with Gasteiger partial charge >= 0.3 is 0 Å². The van der Waals surface area contributed by atoms with Crippen LogP contribution in [0.5, 0.6) is 0 Å². The average molecular weight is 301 g/mol. The molecule has 0 aliphatic heterocycles. The molecule has 16 heavy (non-hydrogen) atoms. The molecule has 84 valence electrons. The summed E-state index contributed by atoms with van der Waals surface area (Å²) in [5.74, 6) is -0.0584. The highest BCUT2D eigenvalue weighted by atomic mass is 79.9. The molecule has 0 aliphatic rings. The first-order valence-corrected chi connectivity index (χ1v) is 6.36. The number of aryl methyl sites for hydroxylation is 1. The van der Waals surface area contributed by atoms with Crippen molar-refractivity contribution in [1.29, 1.82) is 0 Å². The quantitative estimate of drug-likeness (QED) is 0.928. The van der Waals surface area contributed by atoms with Crippen molar-refractivity contribution in [3.8, 4) is 0 Å². The molecule has 2 heterocycles. The number of halogens is 2. The van der Waals surface area contributed by atoms with Crippen LogP contribution >= 0.6 is 27.3 Å². The molecule has 0 aromatic carbocycles. The summed E-state index contributed by atoms with van der Waals surface area (Å²) in [6, 6.07) is 5.48. The van der Waals surface area contributed by atoms with E-state index < -0.39 is 0 Å². The zero-order valence-corrected chi connectivity index (χ0v) is 11.0.